The summed E-state index contributed by atoms with van der Waals surface area (Å²) >= 11 is 0. The molecule has 1 aliphatic rings. The monoisotopic (exact) mass is 342 g/mol. The Labute approximate surface area is 144 Å². The molecule has 1 aromatic heterocycles. The summed E-state index contributed by atoms with van der Waals surface area (Å²) in [5.74, 6) is 0.219. The van der Waals surface area contributed by atoms with Crippen molar-refractivity contribution in [2.75, 3.05) is 13.7 Å². The standard InChI is InChI=1S/C18H18N2O5/c1-3-25-18(23)15-9-19-16-14-8-12(24-2)4-5-13(14)11(6-7-21)10-20(16)17(15)22/h4-5,7-9,11H,3,6,10H2,1-2H3. The fourth-order valence-electron chi connectivity index (χ4n) is 3.07. The SMILES string of the molecule is CCOC(=O)c1cnc2n(c1=O)CC(CC=O)c1ccc(OC)cc1-2. The van der Waals surface area contributed by atoms with Gasteiger partial charge in [-0.1, -0.05) is 6.07 Å². The first-order chi connectivity index (χ1) is 12.1. The topological polar surface area (TPSA) is 87.5 Å². The summed E-state index contributed by atoms with van der Waals surface area (Å²) < 4.78 is 11.6. The normalized spacial score (nSPS) is 15.0. The van der Waals surface area contributed by atoms with Crippen LogP contribution in [0.2, 0.25) is 0 Å². The summed E-state index contributed by atoms with van der Waals surface area (Å²) in [6.45, 7) is 2.13. The summed E-state index contributed by atoms with van der Waals surface area (Å²) in [4.78, 5) is 40.1. The Bertz CT molecular complexity index is 888. The molecule has 0 radical (unpaired) electrons. The quantitative estimate of drug-likeness (QED) is 0.608. The number of hydrogen-bond donors (Lipinski definition) is 0. The van der Waals surface area contributed by atoms with Gasteiger partial charge in [0.25, 0.3) is 5.56 Å². The maximum absolute atomic E-state index is 12.7. The number of carbonyl (C=O) groups is 2. The van der Waals surface area contributed by atoms with E-state index in [-0.39, 0.29) is 31.1 Å². The number of ether oxygens (including phenoxy) is 2. The van der Waals surface area contributed by atoms with E-state index in [9.17, 15) is 14.4 Å². The number of methoxy groups -OCH3 is 1. The predicted molar refractivity (Wildman–Crippen MR) is 89.9 cm³/mol. The van der Waals surface area contributed by atoms with Crippen molar-refractivity contribution in [1.82, 2.24) is 9.55 Å². The van der Waals surface area contributed by atoms with E-state index in [0.717, 1.165) is 17.4 Å². The molecule has 2 heterocycles. The Morgan fingerprint density at radius 2 is 2.24 bits per heavy atom. The first-order valence-corrected chi connectivity index (χ1v) is 7.99. The number of hydrogen-bond acceptors (Lipinski definition) is 6. The molecule has 7 heteroatoms. The summed E-state index contributed by atoms with van der Waals surface area (Å²) in [6.07, 6.45) is 2.35. The number of carbonyl (C=O) groups excluding carboxylic acids is 2. The number of benzene rings is 1. The second-order valence-corrected chi connectivity index (χ2v) is 5.68. The summed E-state index contributed by atoms with van der Waals surface area (Å²) in [7, 11) is 1.55. The van der Waals surface area contributed by atoms with Crippen molar-refractivity contribution in [2.45, 2.75) is 25.8 Å². The second-order valence-electron chi connectivity index (χ2n) is 5.68. The summed E-state index contributed by atoms with van der Waals surface area (Å²) in [5, 5.41) is 0. The maximum Gasteiger partial charge on any atom is 0.345 e. The molecular formula is C18H18N2O5. The molecule has 7 nitrogen and oxygen atoms in total. The largest absolute Gasteiger partial charge is 0.497 e. The van der Waals surface area contributed by atoms with Crippen molar-refractivity contribution in [2.24, 2.45) is 0 Å². The minimum atomic E-state index is -0.696. The van der Waals surface area contributed by atoms with E-state index in [2.05, 4.69) is 4.98 Å². The third-order valence-electron chi connectivity index (χ3n) is 4.27. The Morgan fingerprint density at radius 3 is 2.92 bits per heavy atom. The summed E-state index contributed by atoms with van der Waals surface area (Å²) in [5.41, 5.74) is 1.09. The molecular weight excluding hydrogens is 324 g/mol. The Kier molecular flexibility index (Phi) is 4.65. The molecule has 0 N–H and O–H groups in total. The minimum Gasteiger partial charge on any atom is -0.497 e. The van der Waals surface area contributed by atoms with Gasteiger partial charge >= 0.3 is 5.97 Å². The Morgan fingerprint density at radius 1 is 1.44 bits per heavy atom. The van der Waals surface area contributed by atoms with E-state index in [4.69, 9.17) is 9.47 Å². The van der Waals surface area contributed by atoms with Crippen LogP contribution in [0.5, 0.6) is 5.75 Å². The van der Waals surface area contributed by atoms with Crippen molar-refractivity contribution < 1.29 is 19.1 Å². The molecule has 0 amide bonds. The summed E-state index contributed by atoms with van der Waals surface area (Å²) in [6, 6.07) is 5.49. The zero-order chi connectivity index (χ0) is 18.0. The van der Waals surface area contributed by atoms with Crippen LogP contribution in [-0.4, -0.2) is 35.5 Å². The minimum absolute atomic E-state index is 0.109. The van der Waals surface area contributed by atoms with E-state index in [0.29, 0.717) is 11.6 Å². The second kappa shape index (κ2) is 6.88. The van der Waals surface area contributed by atoms with Gasteiger partial charge in [0.2, 0.25) is 0 Å². The van der Waals surface area contributed by atoms with Gasteiger partial charge in [-0.15, -0.1) is 0 Å². The Hall–Kier alpha value is -2.96. The van der Waals surface area contributed by atoms with Gasteiger partial charge in [-0.3, -0.25) is 9.36 Å². The van der Waals surface area contributed by atoms with Crippen LogP contribution < -0.4 is 10.3 Å². The van der Waals surface area contributed by atoms with Crippen molar-refractivity contribution in [3.05, 3.63) is 45.9 Å². The molecule has 0 spiro atoms. The molecule has 1 atom stereocenters. The van der Waals surface area contributed by atoms with E-state index in [1.54, 1.807) is 20.1 Å². The number of rotatable bonds is 5. The first-order valence-electron chi connectivity index (χ1n) is 7.99. The van der Waals surface area contributed by atoms with Crippen LogP contribution in [0.1, 0.15) is 35.2 Å². The van der Waals surface area contributed by atoms with Crippen LogP contribution >= 0.6 is 0 Å². The van der Waals surface area contributed by atoms with Crippen LogP contribution in [0.15, 0.2) is 29.2 Å². The molecule has 0 aliphatic carbocycles. The average Bonchev–Trinajstić information content (AvgIpc) is 2.62. The van der Waals surface area contributed by atoms with Crippen molar-refractivity contribution in [3.63, 3.8) is 0 Å². The third kappa shape index (κ3) is 2.93. The van der Waals surface area contributed by atoms with Gasteiger partial charge in [0.15, 0.2) is 0 Å². The number of esters is 1. The number of aldehydes is 1. The van der Waals surface area contributed by atoms with Crippen LogP contribution in [0.25, 0.3) is 11.4 Å². The van der Waals surface area contributed by atoms with Crippen molar-refractivity contribution in [3.8, 4) is 17.1 Å². The molecule has 0 saturated carbocycles. The predicted octanol–water partition coefficient (Wildman–Crippen LogP) is 1.78. The maximum atomic E-state index is 12.7. The van der Waals surface area contributed by atoms with Gasteiger partial charge in [-0.05, 0) is 24.6 Å². The molecule has 130 valence electrons. The third-order valence-corrected chi connectivity index (χ3v) is 4.27. The Balaban J connectivity index is 2.19. The number of nitrogens with zero attached hydrogens (tertiary/aromatic N) is 2. The molecule has 0 bridgehead atoms. The molecule has 3 rings (SSSR count). The van der Waals surface area contributed by atoms with E-state index in [1.165, 1.54) is 10.8 Å². The van der Waals surface area contributed by atoms with Crippen molar-refractivity contribution in [1.29, 1.82) is 0 Å². The highest BCUT2D eigenvalue weighted by atomic mass is 16.5. The molecule has 1 aliphatic heterocycles. The van der Waals surface area contributed by atoms with Gasteiger partial charge in [0.1, 0.15) is 23.4 Å². The van der Waals surface area contributed by atoms with Gasteiger partial charge in [0, 0.05) is 30.6 Å². The van der Waals surface area contributed by atoms with Crippen LogP contribution in [-0.2, 0) is 16.1 Å². The molecule has 0 fully saturated rings. The smallest absolute Gasteiger partial charge is 0.345 e. The zero-order valence-electron chi connectivity index (χ0n) is 14.0. The van der Waals surface area contributed by atoms with Crippen LogP contribution in [0.3, 0.4) is 0 Å². The van der Waals surface area contributed by atoms with Gasteiger partial charge < -0.3 is 14.3 Å². The first kappa shape index (κ1) is 16.9. The fourth-order valence-corrected chi connectivity index (χ4v) is 3.07. The highest BCUT2D eigenvalue weighted by Crippen LogP contribution is 2.37. The average molecular weight is 342 g/mol. The van der Waals surface area contributed by atoms with Gasteiger partial charge in [0.05, 0.1) is 13.7 Å². The molecule has 25 heavy (non-hydrogen) atoms. The van der Waals surface area contributed by atoms with E-state index < -0.39 is 11.5 Å². The fraction of sp³-hybridized carbons (Fsp3) is 0.333. The van der Waals surface area contributed by atoms with Gasteiger partial charge in [-0.2, -0.15) is 0 Å². The number of fused-ring (bicyclic) bond motifs is 3. The molecule has 1 aromatic carbocycles. The zero-order valence-corrected chi connectivity index (χ0v) is 14.0. The highest BCUT2D eigenvalue weighted by molar-refractivity contribution is 5.89. The lowest BCUT2D eigenvalue weighted by atomic mass is 9.88. The lowest BCUT2D eigenvalue weighted by molar-refractivity contribution is -0.108. The van der Waals surface area contributed by atoms with Crippen molar-refractivity contribution >= 4 is 12.3 Å². The van der Waals surface area contributed by atoms with E-state index >= 15 is 0 Å². The van der Waals surface area contributed by atoms with Crippen LogP contribution in [0, 0.1) is 0 Å². The van der Waals surface area contributed by atoms with Gasteiger partial charge in [-0.25, -0.2) is 9.78 Å². The number of aromatic nitrogens is 2. The molecule has 1 unspecified atom stereocenters. The van der Waals surface area contributed by atoms with E-state index in [1.807, 2.05) is 12.1 Å². The molecule has 2 aromatic rings. The van der Waals surface area contributed by atoms with Crippen LogP contribution in [0.4, 0.5) is 0 Å². The molecule has 0 saturated heterocycles. The lowest BCUT2D eigenvalue weighted by Crippen LogP contribution is -2.33. The highest BCUT2D eigenvalue weighted by Gasteiger charge is 2.28. The lowest BCUT2D eigenvalue weighted by Gasteiger charge is -2.27.